The van der Waals surface area contributed by atoms with E-state index in [0.29, 0.717) is 18.4 Å². The van der Waals surface area contributed by atoms with Gasteiger partial charge < -0.3 is 20.9 Å². The Morgan fingerprint density at radius 1 is 1.41 bits per heavy atom. The molecule has 0 bridgehead atoms. The number of hydrogen-bond acceptors (Lipinski definition) is 6. The van der Waals surface area contributed by atoms with E-state index in [1.807, 2.05) is 30.4 Å². The molecule has 0 aliphatic heterocycles. The summed E-state index contributed by atoms with van der Waals surface area (Å²) in [6.45, 7) is 0.704. The maximum atomic E-state index is 5.61. The van der Waals surface area contributed by atoms with Crippen molar-refractivity contribution in [2.45, 2.75) is 6.54 Å². The lowest BCUT2D eigenvalue weighted by atomic mass is 10.3. The number of rotatable bonds is 4. The summed E-state index contributed by atoms with van der Waals surface area (Å²) in [5.74, 6) is 1.22. The molecule has 7 heteroatoms. The normalized spacial score (nSPS) is 10.2. The van der Waals surface area contributed by atoms with E-state index in [1.54, 1.807) is 7.05 Å². The van der Waals surface area contributed by atoms with Crippen LogP contribution in [0.15, 0.2) is 18.5 Å². The van der Waals surface area contributed by atoms with E-state index < -0.39 is 0 Å². The summed E-state index contributed by atoms with van der Waals surface area (Å²) in [6, 6.07) is 2.00. The van der Waals surface area contributed by atoms with Gasteiger partial charge in [0.25, 0.3) is 0 Å². The zero-order valence-electron chi connectivity index (χ0n) is 9.81. The molecular weight excluding hydrogens is 218 g/mol. The first kappa shape index (κ1) is 11.2. The van der Waals surface area contributed by atoms with Crippen molar-refractivity contribution in [2.24, 2.45) is 0 Å². The number of aromatic nitrogens is 4. The molecule has 0 radical (unpaired) electrons. The van der Waals surface area contributed by atoms with Crippen molar-refractivity contribution >= 4 is 17.8 Å². The molecule has 7 nitrogen and oxygen atoms in total. The molecule has 90 valence electrons. The fourth-order valence-electron chi connectivity index (χ4n) is 1.46. The second-order valence-electron chi connectivity index (χ2n) is 3.64. The average Bonchev–Trinajstić information content (AvgIpc) is 2.81. The molecule has 2 heterocycles. The maximum absolute atomic E-state index is 5.61. The minimum absolute atomic E-state index is 0.209. The topological polar surface area (TPSA) is 95.7 Å². The Morgan fingerprint density at radius 3 is 2.88 bits per heavy atom. The van der Waals surface area contributed by atoms with Crippen molar-refractivity contribution in [2.75, 3.05) is 30.0 Å². The molecule has 0 amide bonds. The number of nitrogens with zero attached hydrogens (tertiary/aromatic N) is 4. The number of H-pyrrole nitrogens is 1. The van der Waals surface area contributed by atoms with Crippen LogP contribution in [0.2, 0.25) is 0 Å². The lowest BCUT2D eigenvalue weighted by molar-refractivity contribution is 0.859. The molecule has 2 aromatic rings. The van der Waals surface area contributed by atoms with Gasteiger partial charge in [-0.1, -0.05) is 0 Å². The monoisotopic (exact) mass is 233 g/mol. The number of nitrogen functional groups attached to an aromatic ring is 1. The van der Waals surface area contributed by atoms with Gasteiger partial charge in [0.2, 0.25) is 17.8 Å². The minimum Gasteiger partial charge on any atom is -0.368 e. The van der Waals surface area contributed by atoms with Crippen LogP contribution in [-0.2, 0) is 6.54 Å². The quantitative estimate of drug-likeness (QED) is 0.710. The summed E-state index contributed by atoms with van der Waals surface area (Å²) < 4.78 is 0. The van der Waals surface area contributed by atoms with Crippen LogP contribution in [0.3, 0.4) is 0 Å². The fraction of sp³-hybridized carbons (Fsp3) is 0.300. The van der Waals surface area contributed by atoms with Gasteiger partial charge in [0.05, 0.1) is 0 Å². The molecular formula is C10H15N7. The van der Waals surface area contributed by atoms with E-state index in [2.05, 4.69) is 25.3 Å². The van der Waals surface area contributed by atoms with Crippen LogP contribution in [0.25, 0.3) is 0 Å². The third kappa shape index (κ3) is 2.63. The van der Waals surface area contributed by atoms with Crippen molar-refractivity contribution in [1.82, 2.24) is 19.9 Å². The highest BCUT2D eigenvalue weighted by Crippen LogP contribution is 2.12. The Hall–Kier alpha value is -2.31. The van der Waals surface area contributed by atoms with E-state index in [1.165, 1.54) is 0 Å². The molecule has 2 aromatic heterocycles. The summed E-state index contributed by atoms with van der Waals surface area (Å²) in [4.78, 5) is 17.2. The number of aromatic amines is 1. The van der Waals surface area contributed by atoms with Gasteiger partial charge in [-0.15, -0.1) is 0 Å². The second-order valence-corrected chi connectivity index (χ2v) is 3.64. The molecule has 17 heavy (non-hydrogen) atoms. The summed E-state index contributed by atoms with van der Waals surface area (Å²) in [6.07, 6.45) is 3.81. The highest BCUT2D eigenvalue weighted by atomic mass is 15.3. The van der Waals surface area contributed by atoms with Crippen molar-refractivity contribution < 1.29 is 0 Å². The summed E-state index contributed by atoms with van der Waals surface area (Å²) in [7, 11) is 3.64. The van der Waals surface area contributed by atoms with E-state index >= 15 is 0 Å². The molecule has 0 unspecified atom stereocenters. The number of anilines is 3. The van der Waals surface area contributed by atoms with Crippen LogP contribution in [0.4, 0.5) is 17.8 Å². The number of nitrogens with two attached hydrogens (primary N) is 1. The zero-order valence-corrected chi connectivity index (χ0v) is 9.81. The van der Waals surface area contributed by atoms with Gasteiger partial charge >= 0.3 is 0 Å². The van der Waals surface area contributed by atoms with E-state index in [9.17, 15) is 0 Å². The largest absolute Gasteiger partial charge is 0.368 e. The summed E-state index contributed by atoms with van der Waals surface area (Å²) in [5, 5.41) is 2.85. The molecule has 4 N–H and O–H groups in total. The fourth-order valence-corrected chi connectivity index (χ4v) is 1.46. The Balaban J connectivity index is 2.18. The number of nitrogens with one attached hydrogen (secondary N) is 2. The van der Waals surface area contributed by atoms with Gasteiger partial charge in [0, 0.05) is 33.0 Å². The maximum Gasteiger partial charge on any atom is 0.231 e. The first-order valence-corrected chi connectivity index (χ1v) is 5.21. The van der Waals surface area contributed by atoms with Gasteiger partial charge in [-0.25, -0.2) is 0 Å². The highest BCUT2D eigenvalue weighted by molar-refractivity contribution is 5.41. The van der Waals surface area contributed by atoms with Crippen LogP contribution in [0.5, 0.6) is 0 Å². The molecule has 0 aliphatic carbocycles. The lowest BCUT2D eigenvalue weighted by Crippen LogP contribution is -2.20. The third-order valence-electron chi connectivity index (χ3n) is 2.29. The van der Waals surface area contributed by atoms with Crippen LogP contribution < -0.4 is 16.0 Å². The first-order valence-electron chi connectivity index (χ1n) is 5.21. The van der Waals surface area contributed by atoms with Gasteiger partial charge in [-0.3, -0.25) is 0 Å². The Kier molecular flexibility index (Phi) is 3.08. The molecule has 0 fully saturated rings. The second kappa shape index (κ2) is 4.69. The molecule has 0 atom stereocenters. The van der Waals surface area contributed by atoms with E-state index in [-0.39, 0.29) is 5.95 Å². The minimum atomic E-state index is 0.209. The van der Waals surface area contributed by atoms with Crippen molar-refractivity contribution in [3.63, 3.8) is 0 Å². The Bertz CT molecular complexity index is 479. The van der Waals surface area contributed by atoms with Crippen molar-refractivity contribution in [3.05, 3.63) is 24.0 Å². The molecule has 0 aliphatic rings. The molecule has 0 saturated heterocycles. The van der Waals surface area contributed by atoms with Gasteiger partial charge in [-0.05, 0) is 11.6 Å². The summed E-state index contributed by atoms with van der Waals surface area (Å²) in [5.41, 5.74) is 6.76. The zero-order chi connectivity index (χ0) is 12.3. The third-order valence-corrected chi connectivity index (χ3v) is 2.29. The standard InChI is InChI=1S/C10H15N7/c1-12-9-14-8(11)15-10(16-9)17(2)6-7-3-4-13-5-7/h3-5,13H,6H2,1-2H3,(H3,11,12,14,15,16). The van der Waals surface area contributed by atoms with Gasteiger partial charge in [0.1, 0.15) is 0 Å². The lowest BCUT2D eigenvalue weighted by Gasteiger charge is -2.16. The SMILES string of the molecule is CNc1nc(N)nc(N(C)Cc2cc[nH]c2)n1. The average molecular weight is 233 g/mol. The molecule has 0 aromatic carbocycles. The van der Waals surface area contributed by atoms with E-state index in [0.717, 1.165) is 5.56 Å². The van der Waals surface area contributed by atoms with Gasteiger partial charge in [-0.2, -0.15) is 15.0 Å². The van der Waals surface area contributed by atoms with Crippen LogP contribution in [0, 0.1) is 0 Å². The predicted molar refractivity (Wildman–Crippen MR) is 66.7 cm³/mol. The van der Waals surface area contributed by atoms with Crippen LogP contribution >= 0.6 is 0 Å². The first-order chi connectivity index (χ1) is 8.19. The highest BCUT2D eigenvalue weighted by Gasteiger charge is 2.08. The van der Waals surface area contributed by atoms with Crippen LogP contribution in [0.1, 0.15) is 5.56 Å². The molecule has 0 saturated carbocycles. The van der Waals surface area contributed by atoms with Crippen molar-refractivity contribution in [1.29, 1.82) is 0 Å². The molecule has 0 spiro atoms. The number of hydrogen-bond donors (Lipinski definition) is 3. The van der Waals surface area contributed by atoms with E-state index in [4.69, 9.17) is 5.73 Å². The summed E-state index contributed by atoms with van der Waals surface area (Å²) >= 11 is 0. The van der Waals surface area contributed by atoms with Crippen molar-refractivity contribution in [3.8, 4) is 0 Å². The molecule has 2 rings (SSSR count). The Labute approximate surface area is 99.1 Å². The smallest absolute Gasteiger partial charge is 0.231 e. The van der Waals surface area contributed by atoms with Gasteiger partial charge in [0.15, 0.2) is 0 Å². The Morgan fingerprint density at radius 2 is 2.24 bits per heavy atom. The van der Waals surface area contributed by atoms with Crippen LogP contribution in [-0.4, -0.2) is 34.0 Å². The predicted octanol–water partition coefficient (Wildman–Crippen LogP) is 0.460.